The van der Waals surface area contributed by atoms with Gasteiger partial charge in [0, 0.05) is 24.5 Å². The Morgan fingerprint density at radius 2 is 1.95 bits per heavy atom. The van der Waals surface area contributed by atoms with Gasteiger partial charge in [-0.05, 0) is 24.3 Å². The van der Waals surface area contributed by atoms with Gasteiger partial charge in [-0.25, -0.2) is 4.98 Å². The van der Waals surface area contributed by atoms with Crippen molar-refractivity contribution in [3.8, 4) is 0 Å². The van der Waals surface area contributed by atoms with E-state index in [1.807, 2.05) is 53.7 Å². The Labute approximate surface area is 115 Å². The highest BCUT2D eigenvalue weighted by Crippen LogP contribution is 2.26. The molecule has 1 aromatic carbocycles. The number of hydrogen-bond donors (Lipinski definition) is 0. The molecule has 3 rings (SSSR count). The van der Waals surface area contributed by atoms with Crippen LogP contribution in [0, 0.1) is 0 Å². The average molecular weight is 274 g/mol. The van der Waals surface area contributed by atoms with Crippen LogP contribution in [0.5, 0.6) is 0 Å². The van der Waals surface area contributed by atoms with Gasteiger partial charge in [0.1, 0.15) is 5.69 Å². The van der Waals surface area contributed by atoms with Gasteiger partial charge in [0.25, 0.3) is 0 Å². The summed E-state index contributed by atoms with van der Waals surface area (Å²) in [6, 6.07) is 9.51. The molecular weight excluding hydrogens is 262 g/mol. The Morgan fingerprint density at radius 1 is 1.21 bits per heavy atom. The SMILES string of the molecule is CN(C)c1nc(C=O)c2ccc3cc(Cl)ccc3n12. The van der Waals surface area contributed by atoms with E-state index in [0.29, 0.717) is 10.7 Å². The number of nitrogens with zero attached hydrogens (tertiary/aromatic N) is 3. The van der Waals surface area contributed by atoms with Gasteiger partial charge in [-0.15, -0.1) is 0 Å². The number of anilines is 1. The fraction of sp³-hybridized carbons (Fsp3) is 0.143. The molecule has 0 aliphatic heterocycles. The number of carbonyl (C=O) groups is 1. The molecule has 4 nitrogen and oxygen atoms in total. The van der Waals surface area contributed by atoms with Crippen LogP contribution in [0.4, 0.5) is 5.95 Å². The van der Waals surface area contributed by atoms with E-state index in [-0.39, 0.29) is 0 Å². The number of halogens is 1. The zero-order valence-electron chi connectivity index (χ0n) is 10.6. The molecule has 2 heterocycles. The van der Waals surface area contributed by atoms with Crippen molar-refractivity contribution in [1.29, 1.82) is 0 Å². The highest BCUT2D eigenvalue weighted by molar-refractivity contribution is 6.31. The lowest BCUT2D eigenvalue weighted by molar-refractivity contribution is 0.112. The van der Waals surface area contributed by atoms with E-state index < -0.39 is 0 Å². The van der Waals surface area contributed by atoms with E-state index in [1.54, 1.807) is 0 Å². The number of pyridine rings is 1. The molecule has 0 fully saturated rings. The molecule has 0 saturated heterocycles. The zero-order chi connectivity index (χ0) is 13.6. The van der Waals surface area contributed by atoms with E-state index >= 15 is 0 Å². The lowest BCUT2D eigenvalue weighted by Crippen LogP contribution is -2.12. The van der Waals surface area contributed by atoms with Crippen LogP contribution in [-0.2, 0) is 0 Å². The number of carbonyl (C=O) groups excluding carboxylic acids is 1. The maximum Gasteiger partial charge on any atom is 0.210 e. The third kappa shape index (κ3) is 1.76. The first-order valence-electron chi connectivity index (χ1n) is 5.85. The van der Waals surface area contributed by atoms with Gasteiger partial charge in [0.05, 0.1) is 11.0 Å². The first-order chi connectivity index (χ1) is 9.11. The van der Waals surface area contributed by atoms with Crippen molar-refractivity contribution in [3.63, 3.8) is 0 Å². The summed E-state index contributed by atoms with van der Waals surface area (Å²) in [6.45, 7) is 0. The Kier molecular flexibility index (Phi) is 2.68. The molecule has 0 atom stereocenters. The average Bonchev–Trinajstić information content (AvgIpc) is 2.77. The summed E-state index contributed by atoms with van der Waals surface area (Å²) < 4.78 is 1.97. The number of imidazole rings is 1. The van der Waals surface area contributed by atoms with Crippen molar-refractivity contribution in [2.24, 2.45) is 0 Å². The van der Waals surface area contributed by atoms with E-state index in [1.165, 1.54) is 0 Å². The summed E-state index contributed by atoms with van der Waals surface area (Å²) in [5.74, 6) is 0.727. The lowest BCUT2D eigenvalue weighted by Gasteiger charge is -2.12. The summed E-state index contributed by atoms with van der Waals surface area (Å²) in [7, 11) is 3.80. The number of rotatable bonds is 2. The Bertz CT molecular complexity index is 792. The quantitative estimate of drug-likeness (QED) is 0.674. The maximum atomic E-state index is 11.1. The molecule has 3 aromatic rings. The molecule has 5 heteroatoms. The third-order valence-corrected chi connectivity index (χ3v) is 3.32. The second kappa shape index (κ2) is 4.24. The minimum atomic E-state index is 0.445. The fourth-order valence-corrected chi connectivity index (χ4v) is 2.43. The van der Waals surface area contributed by atoms with Crippen LogP contribution >= 0.6 is 11.6 Å². The number of aldehydes is 1. The van der Waals surface area contributed by atoms with Crippen LogP contribution in [0.2, 0.25) is 5.02 Å². The normalized spacial score (nSPS) is 11.1. The van der Waals surface area contributed by atoms with E-state index in [4.69, 9.17) is 11.6 Å². The monoisotopic (exact) mass is 273 g/mol. The molecule has 0 N–H and O–H groups in total. The van der Waals surface area contributed by atoms with E-state index in [0.717, 1.165) is 28.7 Å². The molecule has 0 spiro atoms. The van der Waals surface area contributed by atoms with Crippen LogP contribution in [0.1, 0.15) is 10.5 Å². The van der Waals surface area contributed by atoms with Crippen molar-refractivity contribution in [2.45, 2.75) is 0 Å². The fourth-order valence-electron chi connectivity index (χ4n) is 2.25. The molecule has 0 aliphatic carbocycles. The topological polar surface area (TPSA) is 37.6 Å². The third-order valence-electron chi connectivity index (χ3n) is 3.09. The smallest absolute Gasteiger partial charge is 0.210 e. The van der Waals surface area contributed by atoms with Crippen molar-refractivity contribution in [2.75, 3.05) is 19.0 Å². The summed E-state index contributed by atoms with van der Waals surface area (Å²) in [6.07, 6.45) is 0.782. The summed E-state index contributed by atoms with van der Waals surface area (Å²) in [4.78, 5) is 17.4. The van der Waals surface area contributed by atoms with Crippen LogP contribution in [0.3, 0.4) is 0 Å². The second-order valence-electron chi connectivity index (χ2n) is 4.57. The molecule has 0 aliphatic rings. The number of hydrogen-bond acceptors (Lipinski definition) is 3. The minimum Gasteiger partial charge on any atom is -0.348 e. The standard InChI is InChI=1S/C14H12ClN3O/c1-17(2)14-16-11(8-19)13-5-3-9-7-10(15)4-6-12(9)18(13)14/h3-8H,1-2H3. The van der Waals surface area contributed by atoms with Crippen LogP contribution in [0.25, 0.3) is 16.4 Å². The number of fused-ring (bicyclic) bond motifs is 3. The van der Waals surface area contributed by atoms with Gasteiger partial charge in [0.2, 0.25) is 5.95 Å². The van der Waals surface area contributed by atoms with Gasteiger partial charge < -0.3 is 4.90 Å². The lowest BCUT2D eigenvalue weighted by atomic mass is 10.2. The minimum absolute atomic E-state index is 0.445. The Morgan fingerprint density at radius 3 is 2.63 bits per heavy atom. The van der Waals surface area contributed by atoms with E-state index in [2.05, 4.69) is 4.98 Å². The van der Waals surface area contributed by atoms with Crippen LogP contribution in [-0.4, -0.2) is 29.8 Å². The number of benzene rings is 1. The van der Waals surface area contributed by atoms with Gasteiger partial charge in [0.15, 0.2) is 6.29 Å². The highest BCUT2D eigenvalue weighted by atomic mass is 35.5. The molecular formula is C14H12ClN3O. The molecule has 0 amide bonds. The molecule has 0 bridgehead atoms. The summed E-state index contributed by atoms with van der Waals surface area (Å²) in [5.41, 5.74) is 2.22. The van der Waals surface area contributed by atoms with Crippen molar-refractivity contribution < 1.29 is 4.79 Å². The summed E-state index contributed by atoms with van der Waals surface area (Å²) in [5, 5.41) is 1.70. The van der Waals surface area contributed by atoms with Gasteiger partial charge in [-0.2, -0.15) is 0 Å². The predicted molar refractivity (Wildman–Crippen MR) is 77.4 cm³/mol. The van der Waals surface area contributed by atoms with Gasteiger partial charge >= 0.3 is 0 Å². The molecule has 0 radical (unpaired) electrons. The Balaban J connectivity index is 2.52. The largest absolute Gasteiger partial charge is 0.348 e. The molecule has 0 saturated carbocycles. The van der Waals surface area contributed by atoms with Crippen molar-refractivity contribution in [3.05, 3.63) is 41.0 Å². The van der Waals surface area contributed by atoms with E-state index in [9.17, 15) is 4.79 Å². The van der Waals surface area contributed by atoms with Crippen molar-refractivity contribution >= 4 is 40.3 Å². The second-order valence-corrected chi connectivity index (χ2v) is 5.00. The summed E-state index contributed by atoms with van der Waals surface area (Å²) >= 11 is 6.01. The first-order valence-corrected chi connectivity index (χ1v) is 6.23. The molecule has 0 unspecified atom stereocenters. The van der Waals surface area contributed by atoms with Crippen molar-refractivity contribution in [1.82, 2.24) is 9.38 Å². The molecule has 96 valence electrons. The molecule has 19 heavy (non-hydrogen) atoms. The molecule has 2 aromatic heterocycles. The zero-order valence-corrected chi connectivity index (χ0v) is 11.3. The van der Waals surface area contributed by atoms with Gasteiger partial charge in [-0.1, -0.05) is 17.7 Å². The first kappa shape index (κ1) is 12.0. The van der Waals surface area contributed by atoms with Gasteiger partial charge in [-0.3, -0.25) is 9.20 Å². The van der Waals surface area contributed by atoms with Crippen LogP contribution < -0.4 is 4.90 Å². The van der Waals surface area contributed by atoms with Crippen LogP contribution in [0.15, 0.2) is 30.3 Å². The Hall–Kier alpha value is -2.07. The maximum absolute atomic E-state index is 11.1. The predicted octanol–water partition coefficient (Wildman–Crippen LogP) is 3.02. The number of aromatic nitrogens is 2. The highest BCUT2D eigenvalue weighted by Gasteiger charge is 2.14.